The molecular formula is C15H10Cl2N2O2. The minimum Gasteiger partial charge on any atom is -0.343 e. The fourth-order valence-electron chi connectivity index (χ4n) is 2.32. The monoisotopic (exact) mass is 320 g/mol. The van der Waals surface area contributed by atoms with Crippen molar-refractivity contribution in [2.45, 2.75) is 6.54 Å². The van der Waals surface area contributed by atoms with E-state index in [9.17, 15) is 10.1 Å². The molecular weight excluding hydrogens is 311 g/mol. The molecule has 0 aliphatic heterocycles. The topological polar surface area (TPSA) is 48.1 Å². The number of non-ortho nitro benzene ring substituents is 1. The number of hydrogen-bond donors (Lipinski definition) is 0. The lowest BCUT2D eigenvalue weighted by Gasteiger charge is -2.06. The Morgan fingerprint density at radius 3 is 2.71 bits per heavy atom. The van der Waals surface area contributed by atoms with E-state index in [1.165, 1.54) is 6.07 Å². The molecule has 0 atom stereocenters. The molecule has 0 amide bonds. The molecule has 0 aliphatic rings. The second-order valence-electron chi connectivity index (χ2n) is 4.69. The lowest BCUT2D eigenvalue weighted by Crippen LogP contribution is -1.99. The second-order valence-corrected chi connectivity index (χ2v) is 5.53. The number of benzene rings is 2. The van der Waals surface area contributed by atoms with Crippen molar-refractivity contribution in [3.8, 4) is 0 Å². The Balaban J connectivity index is 2.02. The van der Waals surface area contributed by atoms with Crippen LogP contribution in [0.4, 0.5) is 5.69 Å². The predicted molar refractivity (Wildman–Crippen MR) is 84.2 cm³/mol. The van der Waals surface area contributed by atoms with E-state index in [1.807, 2.05) is 29.0 Å². The van der Waals surface area contributed by atoms with Crippen LogP contribution in [-0.4, -0.2) is 9.49 Å². The van der Waals surface area contributed by atoms with Gasteiger partial charge in [0.2, 0.25) is 0 Å². The summed E-state index contributed by atoms with van der Waals surface area (Å²) in [6.07, 6.45) is 1.89. The number of nitrogens with zero attached hydrogens (tertiary/aromatic N) is 2. The summed E-state index contributed by atoms with van der Waals surface area (Å²) in [7, 11) is 0. The van der Waals surface area contributed by atoms with E-state index < -0.39 is 4.92 Å². The van der Waals surface area contributed by atoms with Crippen LogP contribution in [0.25, 0.3) is 10.9 Å². The maximum atomic E-state index is 10.8. The van der Waals surface area contributed by atoms with Crippen molar-refractivity contribution in [2.75, 3.05) is 0 Å². The Hall–Kier alpha value is -2.04. The van der Waals surface area contributed by atoms with Gasteiger partial charge >= 0.3 is 0 Å². The standard InChI is InChI=1S/C15H10Cl2N2O2/c16-11-7-14(17)13-4-5-18(15(13)8-11)9-10-2-1-3-12(6-10)19(20)21/h1-8H,9H2. The number of hydrogen-bond acceptors (Lipinski definition) is 2. The summed E-state index contributed by atoms with van der Waals surface area (Å²) >= 11 is 12.2. The molecule has 0 saturated carbocycles. The molecule has 0 radical (unpaired) electrons. The largest absolute Gasteiger partial charge is 0.343 e. The van der Waals surface area contributed by atoms with Crippen LogP contribution < -0.4 is 0 Å². The third-order valence-corrected chi connectivity index (χ3v) is 3.81. The molecule has 1 heterocycles. The minimum atomic E-state index is -0.398. The molecule has 106 valence electrons. The van der Waals surface area contributed by atoms with Crippen molar-refractivity contribution < 1.29 is 4.92 Å². The SMILES string of the molecule is O=[N+]([O-])c1cccc(Cn2ccc3c(Cl)cc(Cl)cc32)c1. The van der Waals surface area contributed by atoms with Crippen LogP contribution in [0.2, 0.25) is 10.0 Å². The molecule has 4 nitrogen and oxygen atoms in total. The highest BCUT2D eigenvalue weighted by molar-refractivity contribution is 6.38. The molecule has 21 heavy (non-hydrogen) atoms. The molecule has 0 aliphatic carbocycles. The lowest BCUT2D eigenvalue weighted by atomic mass is 10.2. The van der Waals surface area contributed by atoms with Gasteiger partial charge < -0.3 is 4.57 Å². The van der Waals surface area contributed by atoms with E-state index in [4.69, 9.17) is 23.2 Å². The Labute approximate surface area is 130 Å². The van der Waals surface area contributed by atoms with E-state index in [0.717, 1.165) is 16.5 Å². The highest BCUT2D eigenvalue weighted by Crippen LogP contribution is 2.29. The first-order chi connectivity index (χ1) is 10.0. The number of rotatable bonds is 3. The van der Waals surface area contributed by atoms with Gasteiger partial charge in [-0.1, -0.05) is 35.3 Å². The number of halogens is 2. The van der Waals surface area contributed by atoms with Gasteiger partial charge in [-0.25, -0.2) is 0 Å². The second kappa shape index (κ2) is 5.39. The highest BCUT2D eigenvalue weighted by atomic mass is 35.5. The van der Waals surface area contributed by atoms with E-state index in [1.54, 1.807) is 18.2 Å². The average Bonchev–Trinajstić information content (AvgIpc) is 2.82. The summed E-state index contributed by atoms with van der Waals surface area (Å²) < 4.78 is 1.96. The van der Waals surface area contributed by atoms with Gasteiger partial charge in [-0.3, -0.25) is 10.1 Å². The summed E-state index contributed by atoms with van der Waals surface area (Å²) in [6, 6.07) is 12.0. The molecule has 0 bridgehead atoms. The number of fused-ring (bicyclic) bond motifs is 1. The van der Waals surface area contributed by atoms with E-state index in [0.29, 0.717) is 16.6 Å². The Bertz CT molecular complexity index is 843. The Morgan fingerprint density at radius 1 is 1.14 bits per heavy atom. The van der Waals surface area contributed by atoms with Crippen LogP contribution >= 0.6 is 23.2 Å². The maximum absolute atomic E-state index is 10.8. The molecule has 0 saturated heterocycles. The van der Waals surface area contributed by atoms with Crippen LogP contribution in [0, 0.1) is 10.1 Å². The average molecular weight is 321 g/mol. The lowest BCUT2D eigenvalue weighted by molar-refractivity contribution is -0.384. The fraction of sp³-hybridized carbons (Fsp3) is 0.0667. The maximum Gasteiger partial charge on any atom is 0.269 e. The smallest absolute Gasteiger partial charge is 0.269 e. The molecule has 0 fully saturated rings. The van der Waals surface area contributed by atoms with Crippen molar-refractivity contribution in [2.24, 2.45) is 0 Å². The van der Waals surface area contributed by atoms with Crippen molar-refractivity contribution in [1.82, 2.24) is 4.57 Å². The zero-order valence-corrected chi connectivity index (χ0v) is 12.3. The van der Waals surface area contributed by atoms with Crippen LogP contribution in [0.5, 0.6) is 0 Å². The molecule has 2 aromatic carbocycles. The molecule has 0 N–H and O–H groups in total. The normalized spacial score (nSPS) is 11.0. The third-order valence-electron chi connectivity index (χ3n) is 3.28. The van der Waals surface area contributed by atoms with Gasteiger partial charge in [-0.15, -0.1) is 0 Å². The summed E-state index contributed by atoms with van der Waals surface area (Å²) in [5, 5.41) is 12.9. The van der Waals surface area contributed by atoms with Crippen molar-refractivity contribution in [1.29, 1.82) is 0 Å². The van der Waals surface area contributed by atoms with Gasteiger partial charge in [0, 0.05) is 35.3 Å². The van der Waals surface area contributed by atoms with E-state index in [-0.39, 0.29) is 5.69 Å². The predicted octanol–water partition coefficient (Wildman–Crippen LogP) is 4.90. The van der Waals surface area contributed by atoms with Gasteiger partial charge in [0.25, 0.3) is 5.69 Å². The quantitative estimate of drug-likeness (QED) is 0.508. The number of aromatic nitrogens is 1. The van der Waals surface area contributed by atoms with Gasteiger partial charge in [0.05, 0.1) is 15.5 Å². The van der Waals surface area contributed by atoms with Crippen LogP contribution in [-0.2, 0) is 6.54 Å². The highest BCUT2D eigenvalue weighted by Gasteiger charge is 2.09. The van der Waals surface area contributed by atoms with E-state index in [2.05, 4.69) is 0 Å². The number of nitro benzene ring substituents is 1. The molecule has 6 heteroatoms. The van der Waals surface area contributed by atoms with Crippen molar-refractivity contribution in [3.63, 3.8) is 0 Å². The van der Waals surface area contributed by atoms with Crippen LogP contribution in [0.15, 0.2) is 48.7 Å². The van der Waals surface area contributed by atoms with Crippen LogP contribution in [0.1, 0.15) is 5.56 Å². The molecule has 0 spiro atoms. The zero-order valence-electron chi connectivity index (χ0n) is 10.8. The summed E-state index contributed by atoms with van der Waals surface area (Å²) in [4.78, 5) is 10.4. The summed E-state index contributed by atoms with van der Waals surface area (Å²) in [5.41, 5.74) is 1.83. The summed E-state index contributed by atoms with van der Waals surface area (Å²) in [6.45, 7) is 0.516. The minimum absolute atomic E-state index is 0.0834. The molecule has 3 rings (SSSR count). The Morgan fingerprint density at radius 2 is 1.95 bits per heavy atom. The zero-order chi connectivity index (χ0) is 15.0. The van der Waals surface area contributed by atoms with E-state index >= 15 is 0 Å². The first-order valence-electron chi connectivity index (χ1n) is 6.22. The van der Waals surface area contributed by atoms with Gasteiger partial charge in [0.15, 0.2) is 0 Å². The van der Waals surface area contributed by atoms with Gasteiger partial charge in [-0.05, 0) is 23.8 Å². The first-order valence-corrected chi connectivity index (χ1v) is 6.97. The first kappa shape index (κ1) is 13.9. The molecule has 3 aromatic rings. The third kappa shape index (κ3) is 2.73. The number of nitro groups is 1. The van der Waals surface area contributed by atoms with Gasteiger partial charge in [-0.2, -0.15) is 0 Å². The fourth-order valence-corrected chi connectivity index (χ4v) is 2.87. The van der Waals surface area contributed by atoms with Gasteiger partial charge in [0.1, 0.15) is 0 Å². The van der Waals surface area contributed by atoms with Crippen LogP contribution in [0.3, 0.4) is 0 Å². The molecule has 1 aromatic heterocycles. The Kier molecular flexibility index (Phi) is 3.57. The summed E-state index contributed by atoms with van der Waals surface area (Å²) in [5.74, 6) is 0. The van der Waals surface area contributed by atoms with Crippen molar-refractivity contribution in [3.05, 3.63) is 74.4 Å². The van der Waals surface area contributed by atoms with Crippen molar-refractivity contribution >= 4 is 39.8 Å². The molecule has 0 unspecified atom stereocenters.